The number of nitrogens with zero attached hydrogens (tertiary/aromatic N) is 1. The maximum absolute atomic E-state index is 13.4. The lowest BCUT2D eigenvalue weighted by molar-refractivity contribution is -0.111. The molecule has 0 spiro atoms. The predicted molar refractivity (Wildman–Crippen MR) is 147 cm³/mol. The summed E-state index contributed by atoms with van der Waals surface area (Å²) < 4.78 is 0. The van der Waals surface area contributed by atoms with Gasteiger partial charge in [0.05, 0.1) is 10.7 Å². The van der Waals surface area contributed by atoms with Crippen LogP contribution in [0.5, 0.6) is 0 Å². The van der Waals surface area contributed by atoms with Gasteiger partial charge in [-0.1, -0.05) is 103 Å². The maximum atomic E-state index is 13.4. The molecule has 1 amide bonds. The minimum absolute atomic E-state index is 0.174. The molecule has 1 aromatic heterocycles. The van der Waals surface area contributed by atoms with Crippen LogP contribution in [0.2, 0.25) is 5.02 Å². The number of rotatable bonds is 6. The van der Waals surface area contributed by atoms with Crippen molar-refractivity contribution in [1.82, 2.24) is 4.98 Å². The Bertz CT molecular complexity index is 1490. The van der Waals surface area contributed by atoms with E-state index in [1.54, 1.807) is 11.3 Å². The summed E-state index contributed by atoms with van der Waals surface area (Å²) >= 11 is 7.89. The smallest absolute Gasteiger partial charge is 0.256 e. The number of thiazole rings is 1. The maximum Gasteiger partial charge on any atom is 0.256 e. The second kappa shape index (κ2) is 10.5. The lowest BCUT2D eigenvalue weighted by Crippen LogP contribution is -2.13. The Labute approximate surface area is 213 Å². The van der Waals surface area contributed by atoms with Crippen LogP contribution in [0.4, 0.5) is 5.69 Å². The third kappa shape index (κ3) is 5.40. The van der Waals surface area contributed by atoms with Crippen LogP contribution >= 0.6 is 22.9 Å². The molecule has 0 aliphatic rings. The number of halogens is 1. The molecule has 0 unspecified atom stereocenters. The van der Waals surface area contributed by atoms with Gasteiger partial charge in [0.15, 0.2) is 0 Å². The van der Waals surface area contributed by atoms with Gasteiger partial charge in [-0.15, -0.1) is 11.3 Å². The highest BCUT2D eigenvalue weighted by Crippen LogP contribution is 2.33. The third-order valence-electron chi connectivity index (χ3n) is 5.46. The van der Waals surface area contributed by atoms with Gasteiger partial charge >= 0.3 is 0 Å². The molecule has 0 aliphatic carbocycles. The molecule has 0 bridgehead atoms. The average Bonchev–Trinajstić information content (AvgIpc) is 3.39. The van der Waals surface area contributed by atoms with Gasteiger partial charge in [-0.05, 0) is 35.4 Å². The van der Waals surface area contributed by atoms with E-state index in [9.17, 15) is 4.79 Å². The second-order valence-electron chi connectivity index (χ2n) is 7.89. The molecule has 0 atom stereocenters. The summed E-state index contributed by atoms with van der Waals surface area (Å²) in [6.07, 6.45) is 1.91. The van der Waals surface area contributed by atoms with E-state index in [4.69, 9.17) is 16.6 Å². The van der Waals surface area contributed by atoms with Crippen LogP contribution in [0.25, 0.3) is 33.5 Å². The van der Waals surface area contributed by atoms with Gasteiger partial charge in [0.2, 0.25) is 0 Å². The largest absolute Gasteiger partial charge is 0.322 e. The van der Waals surface area contributed by atoms with Crippen LogP contribution in [0, 0.1) is 0 Å². The number of carbonyl (C=O) groups excluding carboxylic acids is 1. The van der Waals surface area contributed by atoms with E-state index in [1.807, 2.05) is 121 Å². The van der Waals surface area contributed by atoms with E-state index < -0.39 is 0 Å². The van der Waals surface area contributed by atoms with Crippen molar-refractivity contribution < 1.29 is 4.79 Å². The van der Waals surface area contributed by atoms with E-state index in [1.165, 1.54) is 0 Å². The van der Waals surface area contributed by atoms with Crippen LogP contribution in [-0.4, -0.2) is 10.9 Å². The topological polar surface area (TPSA) is 42.0 Å². The quantitative estimate of drug-likeness (QED) is 0.191. The van der Waals surface area contributed by atoms with E-state index in [-0.39, 0.29) is 5.91 Å². The zero-order valence-electron chi connectivity index (χ0n) is 18.7. The lowest BCUT2D eigenvalue weighted by atomic mass is 10.0. The molecule has 1 heterocycles. The van der Waals surface area contributed by atoms with Crippen molar-refractivity contribution in [3.63, 3.8) is 0 Å². The van der Waals surface area contributed by atoms with E-state index >= 15 is 0 Å². The molecule has 0 fully saturated rings. The number of anilines is 1. The summed E-state index contributed by atoms with van der Waals surface area (Å²) in [6, 6.07) is 34.9. The standard InChI is InChI=1S/C30H21ClN2OS/c31-27-17-8-7-16-25(27)30-33-28(20-35-30)23-14-9-15-24(19-23)32-29(34)26(22-12-5-2-6-13-22)18-21-10-3-1-4-11-21/h1-20H,(H,32,34)/b26-18-. The van der Waals surface area contributed by atoms with Crippen molar-refractivity contribution in [3.8, 4) is 21.8 Å². The first-order valence-electron chi connectivity index (χ1n) is 11.1. The Hall–Kier alpha value is -3.99. The number of hydrogen-bond acceptors (Lipinski definition) is 3. The molecular formula is C30H21ClN2OS. The summed E-state index contributed by atoms with van der Waals surface area (Å²) in [7, 11) is 0. The van der Waals surface area contributed by atoms with Crippen LogP contribution in [-0.2, 0) is 4.79 Å². The Morgan fingerprint density at radius 2 is 1.54 bits per heavy atom. The van der Waals surface area contributed by atoms with Crippen LogP contribution in [0.1, 0.15) is 11.1 Å². The highest BCUT2D eigenvalue weighted by molar-refractivity contribution is 7.13. The highest BCUT2D eigenvalue weighted by atomic mass is 35.5. The van der Waals surface area contributed by atoms with Gasteiger partial charge in [-0.3, -0.25) is 4.79 Å². The Morgan fingerprint density at radius 1 is 0.829 bits per heavy atom. The van der Waals surface area contributed by atoms with Gasteiger partial charge in [0, 0.05) is 27.8 Å². The minimum atomic E-state index is -0.174. The number of aromatic nitrogens is 1. The van der Waals surface area contributed by atoms with Crippen LogP contribution in [0.15, 0.2) is 115 Å². The van der Waals surface area contributed by atoms with E-state index in [0.717, 1.165) is 33.0 Å². The summed E-state index contributed by atoms with van der Waals surface area (Å²) in [5.74, 6) is -0.174. The second-order valence-corrected chi connectivity index (χ2v) is 9.15. The molecule has 170 valence electrons. The molecule has 0 saturated carbocycles. The van der Waals surface area contributed by atoms with Crippen molar-refractivity contribution in [2.45, 2.75) is 0 Å². The molecule has 0 saturated heterocycles. The highest BCUT2D eigenvalue weighted by Gasteiger charge is 2.14. The van der Waals surface area contributed by atoms with Crippen molar-refractivity contribution in [3.05, 3.63) is 131 Å². The number of hydrogen-bond donors (Lipinski definition) is 1. The Balaban J connectivity index is 1.42. The number of nitrogens with one attached hydrogen (secondary N) is 1. The average molecular weight is 493 g/mol. The molecule has 4 aromatic carbocycles. The molecule has 5 rings (SSSR count). The molecule has 5 heteroatoms. The van der Waals surface area contributed by atoms with E-state index in [2.05, 4.69) is 5.32 Å². The summed E-state index contributed by atoms with van der Waals surface area (Å²) in [6.45, 7) is 0. The molecular weight excluding hydrogens is 472 g/mol. The first-order chi connectivity index (χ1) is 17.2. The monoisotopic (exact) mass is 492 g/mol. The fourth-order valence-corrected chi connectivity index (χ4v) is 4.88. The summed E-state index contributed by atoms with van der Waals surface area (Å²) in [5, 5.41) is 6.60. The van der Waals surface area contributed by atoms with Gasteiger partial charge in [0.25, 0.3) is 5.91 Å². The SMILES string of the molecule is O=C(Nc1cccc(-c2csc(-c3ccccc3Cl)n2)c1)/C(=C\c1ccccc1)c1ccccc1. The van der Waals surface area contributed by atoms with Crippen LogP contribution < -0.4 is 5.32 Å². The number of carbonyl (C=O) groups is 1. The van der Waals surface area contributed by atoms with Crippen molar-refractivity contribution in [2.75, 3.05) is 5.32 Å². The number of amides is 1. The first kappa shape index (κ1) is 22.8. The zero-order valence-corrected chi connectivity index (χ0v) is 20.3. The normalized spacial score (nSPS) is 11.3. The van der Waals surface area contributed by atoms with Gasteiger partial charge in [-0.25, -0.2) is 4.98 Å². The van der Waals surface area contributed by atoms with Crippen LogP contribution in [0.3, 0.4) is 0 Å². The molecule has 0 radical (unpaired) electrons. The molecule has 35 heavy (non-hydrogen) atoms. The van der Waals surface area contributed by atoms with E-state index in [0.29, 0.717) is 16.3 Å². The molecule has 5 aromatic rings. The van der Waals surface area contributed by atoms with Crippen molar-refractivity contribution >= 4 is 46.2 Å². The Kier molecular flexibility index (Phi) is 6.85. The minimum Gasteiger partial charge on any atom is -0.322 e. The van der Waals surface area contributed by atoms with Gasteiger partial charge in [-0.2, -0.15) is 0 Å². The van der Waals surface area contributed by atoms with Gasteiger partial charge < -0.3 is 5.32 Å². The lowest BCUT2D eigenvalue weighted by Gasteiger charge is -2.11. The van der Waals surface area contributed by atoms with Crippen molar-refractivity contribution in [2.24, 2.45) is 0 Å². The Morgan fingerprint density at radius 3 is 2.31 bits per heavy atom. The first-order valence-corrected chi connectivity index (χ1v) is 12.4. The fourth-order valence-electron chi connectivity index (χ4n) is 3.73. The number of benzene rings is 4. The van der Waals surface area contributed by atoms with Crippen molar-refractivity contribution in [1.29, 1.82) is 0 Å². The van der Waals surface area contributed by atoms with Gasteiger partial charge in [0.1, 0.15) is 5.01 Å². The zero-order chi connectivity index (χ0) is 24.0. The molecule has 1 N–H and O–H groups in total. The predicted octanol–water partition coefficient (Wildman–Crippen LogP) is 8.31. The molecule has 0 aliphatic heterocycles. The molecule has 3 nitrogen and oxygen atoms in total. The summed E-state index contributed by atoms with van der Waals surface area (Å²) in [5.41, 5.74) is 5.79. The summed E-state index contributed by atoms with van der Waals surface area (Å²) in [4.78, 5) is 18.2. The fraction of sp³-hybridized carbons (Fsp3) is 0. The third-order valence-corrected chi connectivity index (χ3v) is 6.67.